The normalized spacial score (nSPS) is 29.9. The van der Waals surface area contributed by atoms with Crippen molar-refractivity contribution in [3.63, 3.8) is 0 Å². The lowest BCUT2D eigenvalue weighted by Crippen LogP contribution is -2.46. The molecule has 1 aliphatic carbocycles. The molecule has 0 aromatic carbocycles. The molecule has 0 bridgehead atoms. The number of ether oxygens (including phenoxy) is 1. The SMILES string of the molecule is CC(CN1CCOCC1)NC(=O)CC1CCC(N)CC1. The number of amides is 1. The molecular formula is C15H29N3O2. The van der Waals surface area contributed by atoms with Gasteiger partial charge in [-0.2, -0.15) is 0 Å². The van der Waals surface area contributed by atoms with E-state index < -0.39 is 0 Å². The van der Waals surface area contributed by atoms with Gasteiger partial charge in [0.15, 0.2) is 0 Å². The molecule has 2 fully saturated rings. The van der Waals surface area contributed by atoms with E-state index in [1.165, 1.54) is 0 Å². The molecule has 2 aliphatic rings. The monoisotopic (exact) mass is 283 g/mol. The number of nitrogens with zero attached hydrogens (tertiary/aromatic N) is 1. The maximum Gasteiger partial charge on any atom is 0.220 e. The molecule has 1 saturated heterocycles. The summed E-state index contributed by atoms with van der Waals surface area (Å²) in [5.74, 6) is 0.733. The second-order valence-electron chi connectivity index (χ2n) is 6.37. The van der Waals surface area contributed by atoms with Gasteiger partial charge in [-0.25, -0.2) is 0 Å². The zero-order valence-electron chi connectivity index (χ0n) is 12.6. The molecule has 3 N–H and O–H groups in total. The summed E-state index contributed by atoms with van der Waals surface area (Å²) in [6, 6.07) is 0.570. The summed E-state index contributed by atoms with van der Waals surface area (Å²) in [5.41, 5.74) is 5.90. The Hall–Kier alpha value is -0.650. The lowest BCUT2D eigenvalue weighted by Gasteiger charge is -2.30. The number of carbonyl (C=O) groups is 1. The molecule has 0 aromatic heterocycles. The fraction of sp³-hybridized carbons (Fsp3) is 0.933. The Bertz CT molecular complexity index is 297. The number of morpholine rings is 1. The van der Waals surface area contributed by atoms with Gasteiger partial charge < -0.3 is 15.8 Å². The van der Waals surface area contributed by atoms with Gasteiger partial charge in [0.1, 0.15) is 0 Å². The third-order valence-electron chi connectivity index (χ3n) is 4.41. The Morgan fingerprint density at radius 1 is 1.30 bits per heavy atom. The van der Waals surface area contributed by atoms with E-state index in [0.29, 0.717) is 18.4 Å². The highest BCUT2D eigenvalue weighted by Gasteiger charge is 2.22. The molecule has 1 saturated carbocycles. The minimum Gasteiger partial charge on any atom is -0.379 e. The highest BCUT2D eigenvalue weighted by Crippen LogP contribution is 2.25. The number of carbonyl (C=O) groups excluding carboxylic acids is 1. The van der Waals surface area contributed by atoms with Crippen molar-refractivity contribution in [1.29, 1.82) is 0 Å². The van der Waals surface area contributed by atoms with Crippen molar-refractivity contribution < 1.29 is 9.53 Å². The topological polar surface area (TPSA) is 67.6 Å². The van der Waals surface area contributed by atoms with Crippen LogP contribution in [0, 0.1) is 5.92 Å². The predicted octanol–water partition coefficient (Wildman–Crippen LogP) is 0.731. The summed E-state index contributed by atoms with van der Waals surface area (Å²) in [5, 5.41) is 3.13. The Balaban J connectivity index is 1.63. The zero-order chi connectivity index (χ0) is 14.4. The van der Waals surface area contributed by atoms with Crippen LogP contribution >= 0.6 is 0 Å². The van der Waals surface area contributed by atoms with Crippen LogP contribution in [0.4, 0.5) is 0 Å². The molecule has 1 amide bonds. The molecule has 5 heteroatoms. The molecule has 1 aliphatic heterocycles. The highest BCUT2D eigenvalue weighted by atomic mass is 16.5. The smallest absolute Gasteiger partial charge is 0.220 e. The first-order chi connectivity index (χ1) is 9.63. The number of rotatable bonds is 5. The van der Waals surface area contributed by atoms with Gasteiger partial charge in [0, 0.05) is 38.1 Å². The first-order valence-corrected chi connectivity index (χ1v) is 7.98. The van der Waals surface area contributed by atoms with Crippen LogP contribution in [0.25, 0.3) is 0 Å². The van der Waals surface area contributed by atoms with Crippen molar-refractivity contribution >= 4 is 5.91 Å². The molecule has 2 rings (SSSR count). The quantitative estimate of drug-likeness (QED) is 0.780. The van der Waals surface area contributed by atoms with Crippen molar-refractivity contribution in [2.45, 2.75) is 51.1 Å². The number of nitrogens with two attached hydrogens (primary N) is 1. The molecule has 1 heterocycles. The van der Waals surface area contributed by atoms with Crippen molar-refractivity contribution in [2.24, 2.45) is 11.7 Å². The van der Waals surface area contributed by atoms with Crippen molar-refractivity contribution in [2.75, 3.05) is 32.8 Å². The zero-order valence-corrected chi connectivity index (χ0v) is 12.6. The third kappa shape index (κ3) is 5.38. The summed E-state index contributed by atoms with van der Waals surface area (Å²) in [7, 11) is 0. The molecule has 1 atom stereocenters. The van der Waals surface area contributed by atoms with Gasteiger partial charge in [-0.3, -0.25) is 9.69 Å². The average Bonchev–Trinajstić information content (AvgIpc) is 2.42. The van der Waals surface area contributed by atoms with Gasteiger partial charge in [-0.1, -0.05) is 0 Å². The molecule has 116 valence electrons. The second-order valence-corrected chi connectivity index (χ2v) is 6.37. The van der Waals surface area contributed by atoms with E-state index in [1.54, 1.807) is 0 Å². The molecule has 5 nitrogen and oxygen atoms in total. The first kappa shape index (κ1) is 15.7. The second kappa shape index (κ2) is 7.96. The maximum absolute atomic E-state index is 12.1. The van der Waals surface area contributed by atoms with E-state index in [1.807, 2.05) is 0 Å². The standard InChI is InChI=1S/C15H29N3O2/c1-12(11-18-6-8-20-9-7-18)17-15(19)10-13-2-4-14(16)5-3-13/h12-14H,2-11,16H2,1H3,(H,17,19). The van der Waals surface area contributed by atoms with Gasteiger partial charge in [-0.15, -0.1) is 0 Å². The predicted molar refractivity (Wildman–Crippen MR) is 79.4 cm³/mol. The van der Waals surface area contributed by atoms with Crippen LogP contribution in [-0.4, -0.2) is 55.7 Å². The van der Waals surface area contributed by atoms with Gasteiger partial charge >= 0.3 is 0 Å². The van der Waals surface area contributed by atoms with Crippen LogP contribution in [0.3, 0.4) is 0 Å². The molecule has 0 radical (unpaired) electrons. The van der Waals surface area contributed by atoms with Crippen LogP contribution in [0.2, 0.25) is 0 Å². The summed E-state index contributed by atoms with van der Waals surface area (Å²) in [6.45, 7) is 6.57. The van der Waals surface area contributed by atoms with Crippen LogP contribution in [0.1, 0.15) is 39.0 Å². The van der Waals surface area contributed by atoms with Gasteiger partial charge in [0.2, 0.25) is 5.91 Å². The average molecular weight is 283 g/mol. The summed E-state index contributed by atoms with van der Waals surface area (Å²) < 4.78 is 5.33. The Kier molecular flexibility index (Phi) is 6.26. The van der Waals surface area contributed by atoms with Gasteiger partial charge in [0.05, 0.1) is 13.2 Å². The fourth-order valence-electron chi connectivity index (χ4n) is 3.20. The minimum atomic E-state index is 0.200. The van der Waals surface area contributed by atoms with Crippen LogP contribution in [-0.2, 0) is 9.53 Å². The van der Waals surface area contributed by atoms with E-state index in [2.05, 4.69) is 17.1 Å². The minimum absolute atomic E-state index is 0.200. The highest BCUT2D eigenvalue weighted by molar-refractivity contribution is 5.76. The summed E-state index contributed by atoms with van der Waals surface area (Å²) >= 11 is 0. The van der Waals surface area contributed by atoms with Crippen LogP contribution < -0.4 is 11.1 Å². The van der Waals surface area contributed by atoms with Crippen LogP contribution in [0.15, 0.2) is 0 Å². The van der Waals surface area contributed by atoms with E-state index >= 15 is 0 Å². The lowest BCUT2D eigenvalue weighted by atomic mass is 9.84. The van der Waals surface area contributed by atoms with E-state index in [0.717, 1.165) is 58.5 Å². The lowest BCUT2D eigenvalue weighted by molar-refractivity contribution is -0.123. The Morgan fingerprint density at radius 2 is 1.95 bits per heavy atom. The molecular weight excluding hydrogens is 254 g/mol. The Morgan fingerprint density at radius 3 is 2.60 bits per heavy atom. The van der Waals surface area contributed by atoms with Crippen molar-refractivity contribution in [3.05, 3.63) is 0 Å². The fourth-order valence-corrected chi connectivity index (χ4v) is 3.20. The molecule has 1 unspecified atom stereocenters. The van der Waals surface area contributed by atoms with E-state index in [4.69, 9.17) is 10.5 Å². The molecule has 20 heavy (non-hydrogen) atoms. The van der Waals surface area contributed by atoms with Gasteiger partial charge in [-0.05, 0) is 38.5 Å². The summed E-state index contributed by atoms with van der Waals surface area (Å²) in [4.78, 5) is 14.4. The van der Waals surface area contributed by atoms with Crippen molar-refractivity contribution in [3.8, 4) is 0 Å². The summed E-state index contributed by atoms with van der Waals surface area (Å²) in [6.07, 6.45) is 5.02. The van der Waals surface area contributed by atoms with E-state index in [9.17, 15) is 4.79 Å². The number of nitrogens with one attached hydrogen (secondary N) is 1. The van der Waals surface area contributed by atoms with Gasteiger partial charge in [0.25, 0.3) is 0 Å². The van der Waals surface area contributed by atoms with Crippen molar-refractivity contribution in [1.82, 2.24) is 10.2 Å². The van der Waals surface area contributed by atoms with E-state index in [-0.39, 0.29) is 11.9 Å². The molecule has 0 aromatic rings. The first-order valence-electron chi connectivity index (χ1n) is 7.98. The third-order valence-corrected chi connectivity index (χ3v) is 4.41. The Labute approximate surface area is 122 Å². The molecule has 0 spiro atoms. The largest absolute Gasteiger partial charge is 0.379 e. The number of hydrogen-bond acceptors (Lipinski definition) is 4. The maximum atomic E-state index is 12.1. The number of hydrogen-bond donors (Lipinski definition) is 2. The van der Waals surface area contributed by atoms with Crippen LogP contribution in [0.5, 0.6) is 0 Å².